The first-order chi connectivity index (χ1) is 11.0. The fraction of sp³-hybridized carbons (Fsp3) is 0.176. The van der Waals surface area contributed by atoms with E-state index in [1.807, 2.05) is 30.3 Å². The largest absolute Gasteiger partial charge is 0.476 e. The second-order valence-electron chi connectivity index (χ2n) is 5.23. The summed E-state index contributed by atoms with van der Waals surface area (Å²) in [5, 5.41) is 10.4. The SMILES string of the molecule is CC1=C(C)C(O/C=C(/C(=O)O)n2ccc3ccccc32)OC1=O. The first kappa shape index (κ1) is 14.9. The Morgan fingerprint density at radius 2 is 2.04 bits per heavy atom. The zero-order chi connectivity index (χ0) is 16.6. The van der Waals surface area contributed by atoms with Gasteiger partial charge in [-0.1, -0.05) is 18.2 Å². The third kappa shape index (κ3) is 2.59. The monoisotopic (exact) mass is 313 g/mol. The summed E-state index contributed by atoms with van der Waals surface area (Å²) < 4.78 is 11.9. The number of fused-ring (bicyclic) bond motifs is 1. The van der Waals surface area contributed by atoms with Gasteiger partial charge in [-0.25, -0.2) is 9.59 Å². The Labute approximate surface area is 132 Å². The van der Waals surface area contributed by atoms with Gasteiger partial charge in [0, 0.05) is 17.3 Å². The molecule has 0 saturated carbocycles. The van der Waals surface area contributed by atoms with Crippen LogP contribution in [0.4, 0.5) is 0 Å². The van der Waals surface area contributed by atoms with E-state index in [2.05, 4.69) is 0 Å². The molecule has 1 aliphatic rings. The molecule has 3 rings (SSSR count). The van der Waals surface area contributed by atoms with E-state index in [0.717, 1.165) is 17.2 Å². The van der Waals surface area contributed by atoms with E-state index in [9.17, 15) is 14.7 Å². The number of rotatable bonds is 4. The number of aliphatic carboxylic acids is 1. The van der Waals surface area contributed by atoms with Crippen molar-refractivity contribution in [2.45, 2.75) is 20.1 Å². The lowest BCUT2D eigenvalue weighted by molar-refractivity contribution is -0.152. The zero-order valence-corrected chi connectivity index (χ0v) is 12.6. The molecule has 2 aromatic rings. The minimum Gasteiger partial charge on any atom is -0.476 e. The van der Waals surface area contributed by atoms with Crippen LogP contribution in [-0.2, 0) is 19.1 Å². The smallest absolute Gasteiger partial charge is 0.356 e. The standard InChI is InChI=1S/C17H15NO5/c1-10-11(2)17(23-16(10)21)22-9-14(15(19)20)18-8-7-12-5-3-4-6-13(12)18/h3-9,17H,1-2H3,(H,19,20)/b14-9-. The molecule has 0 fully saturated rings. The minimum atomic E-state index is -1.14. The molecular formula is C17H15NO5. The van der Waals surface area contributed by atoms with Crippen LogP contribution in [0.25, 0.3) is 16.6 Å². The van der Waals surface area contributed by atoms with Crippen molar-refractivity contribution >= 4 is 28.5 Å². The molecule has 6 nitrogen and oxygen atoms in total. The third-order valence-corrected chi connectivity index (χ3v) is 3.85. The molecule has 6 heteroatoms. The highest BCUT2D eigenvalue weighted by atomic mass is 16.7. The van der Waals surface area contributed by atoms with Gasteiger partial charge in [0.15, 0.2) is 5.70 Å². The molecule has 1 atom stereocenters. The number of hydrogen-bond donors (Lipinski definition) is 1. The second-order valence-corrected chi connectivity index (χ2v) is 5.23. The summed E-state index contributed by atoms with van der Waals surface area (Å²) in [4.78, 5) is 23.0. The van der Waals surface area contributed by atoms with Gasteiger partial charge >= 0.3 is 11.9 Å². The maximum atomic E-state index is 11.6. The molecular weight excluding hydrogens is 298 g/mol. The van der Waals surface area contributed by atoms with Crippen molar-refractivity contribution in [3.63, 3.8) is 0 Å². The van der Waals surface area contributed by atoms with Crippen molar-refractivity contribution in [2.75, 3.05) is 0 Å². The van der Waals surface area contributed by atoms with E-state index < -0.39 is 18.2 Å². The lowest BCUT2D eigenvalue weighted by Gasteiger charge is -2.12. The normalized spacial score (nSPS) is 18.4. The second kappa shape index (κ2) is 5.64. The van der Waals surface area contributed by atoms with Crippen molar-refractivity contribution < 1.29 is 24.2 Å². The van der Waals surface area contributed by atoms with E-state index in [4.69, 9.17) is 9.47 Å². The average Bonchev–Trinajstić information content (AvgIpc) is 3.05. The number of nitrogens with zero attached hydrogens (tertiary/aromatic N) is 1. The molecule has 1 N–H and O–H groups in total. The summed E-state index contributed by atoms with van der Waals surface area (Å²) in [6.07, 6.45) is 1.87. The maximum absolute atomic E-state index is 11.6. The lowest BCUT2D eigenvalue weighted by Crippen LogP contribution is -2.14. The Morgan fingerprint density at radius 3 is 2.70 bits per heavy atom. The van der Waals surface area contributed by atoms with Crippen LogP contribution >= 0.6 is 0 Å². The molecule has 0 radical (unpaired) electrons. The Hall–Kier alpha value is -3.02. The highest BCUT2D eigenvalue weighted by Crippen LogP contribution is 2.25. The molecule has 1 aromatic carbocycles. The highest BCUT2D eigenvalue weighted by Gasteiger charge is 2.29. The van der Waals surface area contributed by atoms with E-state index in [1.54, 1.807) is 20.0 Å². The van der Waals surface area contributed by atoms with Crippen molar-refractivity contribution in [3.8, 4) is 0 Å². The van der Waals surface area contributed by atoms with Gasteiger partial charge < -0.3 is 19.1 Å². The highest BCUT2D eigenvalue weighted by molar-refractivity contribution is 6.10. The summed E-state index contributed by atoms with van der Waals surface area (Å²) in [5.41, 5.74) is 1.79. The molecule has 0 amide bonds. The number of aromatic nitrogens is 1. The van der Waals surface area contributed by atoms with Crippen molar-refractivity contribution in [1.82, 2.24) is 4.57 Å². The number of carboxylic acid groups (broad SMARTS) is 1. The fourth-order valence-electron chi connectivity index (χ4n) is 2.37. The third-order valence-electron chi connectivity index (χ3n) is 3.85. The van der Waals surface area contributed by atoms with Gasteiger partial charge in [-0.3, -0.25) is 0 Å². The van der Waals surface area contributed by atoms with Gasteiger partial charge in [0.25, 0.3) is 6.29 Å². The number of para-hydroxylation sites is 1. The first-order valence-electron chi connectivity index (χ1n) is 7.03. The van der Waals surface area contributed by atoms with Crippen LogP contribution in [0, 0.1) is 0 Å². The molecule has 2 heterocycles. The molecule has 0 bridgehead atoms. The molecule has 118 valence electrons. The Kier molecular flexibility index (Phi) is 3.65. The summed E-state index contributed by atoms with van der Waals surface area (Å²) >= 11 is 0. The van der Waals surface area contributed by atoms with Crippen LogP contribution < -0.4 is 0 Å². The number of cyclic esters (lactones) is 1. The number of carbonyl (C=O) groups is 2. The van der Waals surface area contributed by atoms with Crippen LogP contribution in [-0.4, -0.2) is 27.9 Å². The molecule has 1 unspecified atom stereocenters. The number of benzene rings is 1. The quantitative estimate of drug-likeness (QED) is 0.533. The number of hydrogen-bond acceptors (Lipinski definition) is 4. The minimum absolute atomic E-state index is 0.0698. The van der Waals surface area contributed by atoms with Gasteiger partial charge in [-0.15, -0.1) is 0 Å². The predicted molar refractivity (Wildman–Crippen MR) is 83.2 cm³/mol. The number of carbonyl (C=O) groups excluding carboxylic acids is 1. The Morgan fingerprint density at radius 1 is 1.30 bits per heavy atom. The Bertz CT molecular complexity index is 859. The van der Waals surface area contributed by atoms with Gasteiger partial charge in [0.2, 0.25) is 0 Å². The Balaban J connectivity index is 1.94. The summed E-state index contributed by atoms with van der Waals surface area (Å²) in [6, 6.07) is 9.23. The molecule has 0 spiro atoms. The zero-order valence-electron chi connectivity index (χ0n) is 12.6. The molecule has 23 heavy (non-hydrogen) atoms. The number of ether oxygens (including phenoxy) is 2. The summed E-state index contributed by atoms with van der Waals surface area (Å²) in [5.74, 6) is -1.60. The fourth-order valence-corrected chi connectivity index (χ4v) is 2.37. The summed E-state index contributed by atoms with van der Waals surface area (Å²) in [7, 11) is 0. The van der Waals surface area contributed by atoms with Gasteiger partial charge in [-0.2, -0.15) is 0 Å². The van der Waals surface area contributed by atoms with Crippen molar-refractivity contribution in [2.24, 2.45) is 0 Å². The van der Waals surface area contributed by atoms with E-state index in [1.165, 1.54) is 4.57 Å². The van der Waals surface area contributed by atoms with Crippen LogP contribution in [0.5, 0.6) is 0 Å². The first-order valence-corrected chi connectivity index (χ1v) is 7.03. The van der Waals surface area contributed by atoms with Gasteiger partial charge in [-0.05, 0) is 31.4 Å². The number of carboxylic acids is 1. The van der Waals surface area contributed by atoms with E-state index in [-0.39, 0.29) is 5.70 Å². The lowest BCUT2D eigenvalue weighted by atomic mass is 10.2. The average molecular weight is 313 g/mol. The predicted octanol–water partition coefficient (Wildman–Crippen LogP) is 2.76. The maximum Gasteiger partial charge on any atom is 0.356 e. The molecule has 1 aromatic heterocycles. The number of esters is 1. The molecule has 0 saturated heterocycles. The van der Waals surface area contributed by atoms with Crippen LogP contribution in [0.15, 0.2) is 53.9 Å². The molecule has 1 aliphatic heterocycles. The van der Waals surface area contributed by atoms with Crippen LogP contribution in [0.1, 0.15) is 13.8 Å². The van der Waals surface area contributed by atoms with Crippen LogP contribution in [0.3, 0.4) is 0 Å². The van der Waals surface area contributed by atoms with Gasteiger partial charge in [0.05, 0.1) is 5.52 Å². The summed E-state index contributed by atoms with van der Waals surface area (Å²) in [6.45, 7) is 3.35. The van der Waals surface area contributed by atoms with E-state index in [0.29, 0.717) is 11.1 Å². The molecule has 0 aliphatic carbocycles. The van der Waals surface area contributed by atoms with E-state index >= 15 is 0 Å². The van der Waals surface area contributed by atoms with Gasteiger partial charge in [0.1, 0.15) is 6.26 Å². The van der Waals surface area contributed by atoms with Crippen LogP contribution in [0.2, 0.25) is 0 Å². The topological polar surface area (TPSA) is 77.8 Å². The van der Waals surface area contributed by atoms with Crippen molar-refractivity contribution in [3.05, 3.63) is 53.9 Å². The van der Waals surface area contributed by atoms with Crippen molar-refractivity contribution in [1.29, 1.82) is 0 Å².